The molecule has 2 aromatic rings. The minimum absolute atomic E-state index is 0. The molecule has 0 aromatic carbocycles. The van der Waals surface area contributed by atoms with Crippen molar-refractivity contribution < 1.29 is 1.43 Å². The molecule has 1 N–H and O–H groups in total. The van der Waals surface area contributed by atoms with Crippen LogP contribution in [0.1, 0.15) is 33.2 Å². The summed E-state index contributed by atoms with van der Waals surface area (Å²) in [5.41, 5.74) is 1.97. The van der Waals surface area contributed by atoms with Crippen molar-refractivity contribution in [1.29, 1.82) is 0 Å². The average Bonchev–Trinajstić information content (AvgIpc) is 2.77. The van der Waals surface area contributed by atoms with Crippen molar-refractivity contribution in [1.82, 2.24) is 9.55 Å². The average molecular weight is 232 g/mol. The Labute approximate surface area is 102 Å². The van der Waals surface area contributed by atoms with Crippen molar-refractivity contribution in [2.45, 2.75) is 32.7 Å². The fourth-order valence-corrected chi connectivity index (χ4v) is 2.08. The van der Waals surface area contributed by atoms with E-state index in [4.69, 9.17) is 0 Å². The number of allylic oxidation sites excluding steroid dienone is 1. The van der Waals surface area contributed by atoms with E-state index < -0.39 is 0 Å². The van der Waals surface area contributed by atoms with Crippen molar-refractivity contribution >= 4 is 10.9 Å². The van der Waals surface area contributed by atoms with Crippen molar-refractivity contribution in [2.24, 2.45) is 0 Å². The van der Waals surface area contributed by atoms with Gasteiger partial charge in [0.25, 0.3) is 5.56 Å². The predicted molar refractivity (Wildman–Crippen MR) is 73.6 cm³/mol. The lowest BCUT2D eigenvalue weighted by Gasteiger charge is -2.11. The van der Waals surface area contributed by atoms with E-state index in [2.05, 4.69) is 25.4 Å². The van der Waals surface area contributed by atoms with E-state index in [0.29, 0.717) is 18.0 Å². The molecule has 0 saturated carbocycles. The highest BCUT2D eigenvalue weighted by Gasteiger charge is 2.11. The monoisotopic (exact) mass is 232 g/mol. The molecule has 0 radical (unpaired) electrons. The number of pyridine rings is 1. The van der Waals surface area contributed by atoms with Gasteiger partial charge >= 0.3 is 0 Å². The molecule has 17 heavy (non-hydrogen) atoms. The first-order chi connectivity index (χ1) is 8.15. The molecule has 0 unspecified atom stereocenters. The van der Waals surface area contributed by atoms with E-state index in [0.717, 1.165) is 11.8 Å². The largest absolute Gasteiger partial charge is 0.357 e. The normalized spacial score (nSPS) is 11.2. The van der Waals surface area contributed by atoms with Gasteiger partial charge in [0.1, 0.15) is 5.52 Å². The first-order valence-electron chi connectivity index (χ1n) is 5.96. The summed E-state index contributed by atoms with van der Waals surface area (Å²) in [7, 11) is 0. The fourth-order valence-electron chi connectivity index (χ4n) is 2.08. The maximum absolute atomic E-state index is 12.2. The van der Waals surface area contributed by atoms with Gasteiger partial charge in [-0.15, -0.1) is 6.58 Å². The number of nitrogens with zero attached hydrogens (tertiary/aromatic N) is 1. The van der Waals surface area contributed by atoms with Gasteiger partial charge in [-0.25, -0.2) is 0 Å². The van der Waals surface area contributed by atoms with Gasteiger partial charge in [-0.3, -0.25) is 4.79 Å². The third kappa shape index (κ3) is 2.05. The molecule has 2 rings (SSSR count). The molecule has 92 valence electrons. The van der Waals surface area contributed by atoms with E-state index >= 15 is 0 Å². The molecular formula is C14H20N2O. The summed E-state index contributed by atoms with van der Waals surface area (Å²) in [4.78, 5) is 15.2. The molecule has 0 spiro atoms. The Hall–Kier alpha value is -1.77. The zero-order valence-corrected chi connectivity index (χ0v) is 10.4. The smallest absolute Gasteiger partial charge is 0.274 e. The number of H-pyrrole nitrogens is 1. The summed E-state index contributed by atoms with van der Waals surface area (Å²) < 4.78 is 1.77. The summed E-state index contributed by atoms with van der Waals surface area (Å²) in [5.74, 6) is 0.406. The highest BCUT2D eigenvalue weighted by atomic mass is 16.1. The van der Waals surface area contributed by atoms with E-state index in [-0.39, 0.29) is 6.99 Å². The molecule has 0 bridgehead atoms. The third-order valence-corrected chi connectivity index (χ3v) is 3.02. The van der Waals surface area contributed by atoms with Crippen LogP contribution in [0.15, 0.2) is 35.9 Å². The quantitative estimate of drug-likeness (QED) is 0.807. The number of fused-ring (bicyclic) bond motifs is 1. The molecule has 0 atom stereocenters. The number of aromatic nitrogens is 2. The molecule has 3 nitrogen and oxygen atoms in total. The van der Waals surface area contributed by atoms with E-state index in [1.165, 1.54) is 5.56 Å². The van der Waals surface area contributed by atoms with Gasteiger partial charge in [-0.1, -0.05) is 19.9 Å². The standard InChI is InChI=1S/C14H18N2O.H2/c1-4-5-8-16-9-12(10(2)3)11-6-7-15-13(11)14(16)17;/h4,6-7,9-10,15H,1,5,8H2,2-3H3;1H. The Morgan fingerprint density at radius 3 is 3.00 bits per heavy atom. The lowest BCUT2D eigenvalue weighted by Crippen LogP contribution is -2.21. The van der Waals surface area contributed by atoms with Crippen molar-refractivity contribution in [3.8, 4) is 0 Å². The topological polar surface area (TPSA) is 37.8 Å². The van der Waals surface area contributed by atoms with Crippen molar-refractivity contribution in [3.05, 3.63) is 47.0 Å². The van der Waals surface area contributed by atoms with Gasteiger partial charge in [0.05, 0.1) is 0 Å². The van der Waals surface area contributed by atoms with Crippen LogP contribution < -0.4 is 5.56 Å². The number of hydrogen-bond acceptors (Lipinski definition) is 1. The van der Waals surface area contributed by atoms with Crippen molar-refractivity contribution in [2.75, 3.05) is 0 Å². The lowest BCUT2D eigenvalue weighted by molar-refractivity contribution is 0.675. The van der Waals surface area contributed by atoms with Gasteiger partial charge in [0.15, 0.2) is 0 Å². The van der Waals surface area contributed by atoms with Crippen LogP contribution in [0.5, 0.6) is 0 Å². The first kappa shape index (κ1) is 11.7. The van der Waals surface area contributed by atoms with Crippen molar-refractivity contribution in [3.63, 3.8) is 0 Å². The van der Waals surface area contributed by atoms with Gasteiger partial charge in [-0.05, 0) is 24.0 Å². The van der Waals surface area contributed by atoms with Crippen LogP contribution in [0, 0.1) is 0 Å². The minimum atomic E-state index is 0. The predicted octanol–water partition coefficient (Wildman–Crippen LogP) is 3.28. The van der Waals surface area contributed by atoms with Gasteiger partial charge < -0.3 is 9.55 Å². The molecule has 0 aliphatic carbocycles. The SMILES string of the molecule is C=CCCn1cc(C(C)C)c2cc[nH]c2c1=O.[HH]. The van der Waals surface area contributed by atoms with Crippen LogP contribution in [-0.2, 0) is 6.54 Å². The fraction of sp³-hybridized carbons (Fsp3) is 0.357. The Balaban J connectivity index is 0.00000162. The summed E-state index contributed by atoms with van der Waals surface area (Å²) >= 11 is 0. The summed E-state index contributed by atoms with van der Waals surface area (Å²) in [6.07, 6.45) is 6.45. The second kappa shape index (κ2) is 4.62. The Morgan fingerprint density at radius 2 is 2.35 bits per heavy atom. The maximum atomic E-state index is 12.2. The first-order valence-corrected chi connectivity index (χ1v) is 5.96. The third-order valence-electron chi connectivity index (χ3n) is 3.02. The second-order valence-corrected chi connectivity index (χ2v) is 4.58. The van der Waals surface area contributed by atoms with Gasteiger partial charge in [-0.2, -0.15) is 0 Å². The van der Waals surface area contributed by atoms with Crippen LogP contribution >= 0.6 is 0 Å². The molecule has 0 amide bonds. The summed E-state index contributed by atoms with van der Waals surface area (Å²) in [5, 5.41) is 1.04. The van der Waals surface area contributed by atoms with Crippen LogP contribution in [0.3, 0.4) is 0 Å². The van der Waals surface area contributed by atoms with Gasteiger partial charge in [0.2, 0.25) is 0 Å². The number of aromatic amines is 1. The summed E-state index contributed by atoms with van der Waals surface area (Å²) in [6.45, 7) is 8.67. The molecule has 2 heterocycles. The molecule has 2 aromatic heterocycles. The summed E-state index contributed by atoms with van der Waals surface area (Å²) in [6, 6.07) is 1.98. The highest BCUT2D eigenvalue weighted by molar-refractivity contribution is 5.82. The van der Waals surface area contributed by atoms with E-state index in [9.17, 15) is 4.79 Å². The molecule has 0 aliphatic rings. The lowest BCUT2D eigenvalue weighted by atomic mass is 10.0. The second-order valence-electron chi connectivity index (χ2n) is 4.58. The number of rotatable bonds is 4. The van der Waals surface area contributed by atoms with Crippen LogP contribution in [0.25, 0.3) is 10.9 Å². The van der Waals surface area contributed by atoms with Crippen LogP contribution in [0.4, 0.5) is 0 Å². The zero-order chi connectivity index (χ0) is 12.4. The number of hydrogen-bond donors (Lipinski definition) is 1. The van der Waals surface area contributed by atoms with Crippen LogP contribution in [-0.4, -0.2) is 9.55 Å². The van der Waals surface area contributed by atoms with Crippen LogP contribution in [0.2, 0.25) is 0 Å². The number of aryl methyl sites for hydroxylation is 1. The minimum Gasteiger partial charge on any atom is -0.357 e. The molecule has 0 fully saturated rings. The van der Waals surface area contributed by atoms with E-state index in [1.54, 1.807) is 4.57 Å². The molecular weight excluding hydrogens is 212 g/mol. The Kier molecular flexibility index (Phi) is 3.18. The maximum Gasteiger partial charge on any atom is 0.274 e. The molecule has 0 aliphatic heterocycles. The highest BCUT2D eigenvalue weighted by Crippen LogP contribution is 2.22. The van der Waals surface area contributed by atoms with E-state index in [1.807, 2.05) is 24.5 Å². The number of nitrogens with one attached hydrogen (secondary N) is 1. The Bertz CT molecular complexity index is 595. The molecule has 0 saturated heterocycles. The van der Waals surface area contributed by atoms with Gasteiger partial charge in [0, 0.05) is 25.8 Å². The zero-order valence-electron chi connectivity index (χ0n) is 10.4. The Morgan fingerprint density at radius 1 is 1.59 bits per heavy atom. The molecule has 3 heteroatoms.